The van der Waals surface area contributed by atoms with Gasteiger partial charge in [0.25, 0.3) is 15.9 Å². The van der Waals surface area contributed by atoms with E-state index in [1.807, 2.05) is 0 Å². The van der Waals surface area contributed by atoms with Gasteiger partial charge in [-0.15, -0.1) is 16.8 Å². The molecule has 1 atom stereocenters. The lowest BCUT2D eigenvalue weighted by atomic mass is 9.99. The molecule has 23 heavy (non-hydrogen) atoms. The topological polar surface area (TPSA) is 90.9 Å². The summed E-state index contributed by atoms with van der Waals surface area (Å²) in [6, 6.07) is 0. The highest BCUT2D eigenvalue weighted by molar-refractivity contribution is 7.90. The number of hydrogen-bond donors (Lipinski definition) is 2. The van der Waals surface area contributed by atoms with Gasteiger partial charge in [0.1, 0.15) is 5.84 Å². The molecule has 3 aliphatic rings. The van der Waals surface area contributed by atoms with Gasteiger partial charge < -0.3 is 15.5 Å². The molecule has 3 aliphatic heterocycles. The Morgan fingerprint density at radius 1 is 1.43 bits per heavy atom. The number of piperidine rings is 1. The predicted molar refractivity (Wildman–Crippen MR) is 91.0 cm³/mol. The summed E-state index contributed by atoms with van der Waals surface area (Å²) in [5.41, 5.74) is 0.530. The number of sulfonamides is 1. The van der Waals surface area contributed by atoms with Crippen molar-refractivity contribution in [2.45, 2.75) is 12.8 Å². The summed E-state index contributed by atoms with van der Waals surface area (Å²) in [4.78, 5) is 13.9. The fraction of sp³-hybridized carbons (Fsp3) is 0.571. The summed E-state index contributed by atoms with van der Waals surface area (Å²) < 4.78 is 26.6. The van der Waals surface area contributed by atoms with Crippen molar-refractivity contribution >= 4 is 34.2 Å². The van der Waals surface area contributed by atoms with Gasteiger partial charge in [-0.1, -0.05) is 0 Å². The number of amidine groups is 1. The first kappa shape index (κ1) is 18.0. The minimum absolute atomic E-state index is 0. The van der Waals surface area contributed by atoms with Crippen molar-refractivity contribution in [1.29, 1.82) is 0 Å². The molecule has 7 nitrogen and oxygen atoms in total. The Morgan fingerprint density at radius 2 is 2.26 bits per heavy atom. The van der Waals surface area contributed by atoms with E-state index in [2.05, 4.69) is 15.0 Å². The highest BCUT2D eigenvalue weighted by atomic mass is 35.5. The molecule has 1 fully saturated rings. The average Bonchev–Trinajstić information content (AvgIpc) is 2.52. The molecule has 128 valence electrons. The zero-order valence-corrected chi connectivity index (χ0v) is 14.3. The van der Waals surface area contributed by atoms with Crippen molar-refractivity contribution in [1.82, 2.24) is 15.5 Å². The Kier molecular flexibility index (Phi) is 5.83. The number of nitrogens with one attached hydrogen (secondary N) is 2. The molecule has 1 amide bonds. The first-order valence-electron chi connectivity index (χ1n) is 7.52. The van der Waals surface area contributed by atoms with E-state index < -0.39 is 10.0 Å². The van der Waals surface area contributed by atoms with E-state index in [1.165, 1.54) is 0 Å². The minimum Gasteiger partial charge on any atom is -0.352 e. The Hall–Kier alpha value is -1.38. The van der Waals surface area contributed by atoms with Crippen molar-refractivity contribution in [3.8, 4) is 0 Å². The quantitative estimate of drug-likeness (QED) is 0.740. The van der Waals surface area contributed by atoms with Crippen LogP contribution in [0.5, 0.6) is 0 Å². The Bertz CT molecular complexity index is 651. The summed E-state index contributed by atoms with van der Waals surface area (Å²) in [7, 11) is -3.36. The summed E-state index contributed by atoms with van der Waals surface area (Å²) >= 11 is 0. The summed E-state index contributed by atoms with van der Waals surface area (Å²) in [5.74, 6) is 0.695. The number of rotatable bonds is 3. The van der Waals surface area contributed by atoms with Gasteiger partial charge in [0, 0.05) is 19.3 Å². The first-order chi connectivity index (χ1) is 10.5. The number of nitrogens with zero attached hydrogens (tertiary/aromatic N) is 2. The molecule has 1 saturated heterocycles. The molecule has 0 spiro atoms. The van der Waals surface area contributed by atoms with Crippen LogP contribution in [0.25, 0.3) is 0 Å². The standard InChI is InChI=1S/C14H20N4O3S.ClH/c19-14(16-9-11-2-1-5-15-8-11)12-3-4-13-17-22(20,21)7-6-18(13)10-12;/h3-4,10-11,15H,1-2,5-9H2,(H,16,19);1H. The molecule has 0 bridgehead atoms. The van der Waals surface area contributed by atoms with Crippen LogP contribution in [0.1, 0.15) is 12.8 Å². The number of carbonyl (C=O) groups excluding carboxylic acids is 1. The van der Waals surface area contributed by atoms with E-state index >= 15 is 0 Å². The largest absolute Gasteiger partial charge is 0.352 e. The smallest absolute Gasteiger partial charge is 0.256 e. The maximum absolute atomic E-state index is 12.2. The number of halogens is 1. The molecular formula is C14H21ClN4O3S. The van der Waals surface area contributed by atoms with Crippen molar-refractivity contribution < 1.29 is 13.2 Å². The molecule has 3 rings (SSSR count). The highest BCUT2D eigenvalue weighted by Gasteiger charge is 2.25. The Morgan fingerprint density at radius 3 is 3.00 bits per heavy atom. The van der Waals surface area contributed by atoms with Gasteiger partial charge in [-0.05, 0) is 44.0 Å². The van der Waals surface area contributed by atoms with Crippen molar-refractivity contribution in [3.05, 3.63) is 23.9 Å². The molecule has 0 aromatic rings. The number of fused-ring (bicyclic) bond motifs is 1. The van der Waals surface area contributed by atoms with Crippen LogP contribution in [0, 0.1) is 5.92 Å². The second-order valence-electron chi connectivity index (χ2n) is 5.77. The van der Waals surface area contributed by atoms with E-state index in [4.69, 9.17) is 0 Å². The highest BCUT2D eigenvalue weighted by Crippen LogP contribution is 2.16. The first-order valence-corrected chi connectivity index (χ1v) is 9.12. The SMILES string of the molecule is Cl.O=C(NCC1CCCNC1)C1=CN2CCS(=O)(=O)N=C2C=C1. The normalized spacial score (nSPS) is 25.6. The summed E-state index contributed by atoms with van der Waals surface area (Å²) in [6.45, 7) is 2.98. The molecule has 1 unspecified atom stereocenters. The van der Waals surface area contributed by atoms with Crippen molar-refractivity contribution in [3.63, 3.8) is 0 Å². The molecule has 0 saturated carbocycles. The van der Waals surface area contributed by atoms with Gasteiger partial charge in [-0.3, -0.25) is 4.79 Å². The van der Waals surface area contributed by atoms with Gasteiger partial charge in [-0.25, -0.2) is 8.42 Å². The van der Waals surface area contributed by atoms with Gasteiger partial charge >= 0.3 is 0 Å². The third kappa shape index (κ3) is 4.55. The van der Waals surface area contributed by atoms with E-state index in [-0.39, 0.29) is 24.1 Å². The zero-order chi connectivity index (χ0) is 15.6. The number of hydrogen-bond acceptors (Lipinski definition) is 5. The molecular weight excluding hydrogens is 340 g/mol. The molecule has 2 N–H and O–H groups in total. The lowest BCUT2D eigenvalue weighted by molar-refractivity contribution is -0.117. The Labute approximate surface area is 142 Å². The fourth-order valence-corrected chi connectivity index (χ4v) is 3.74. The molecule has 0 radical (unpaired) electrons. The zero-order valence-electron chi connectivity index (χ0n) is 12.7. The van der Waals surface area contributed by atoms with E-state index in [0.717, 1.165) is 25.9 Å². The fourth-order valence-electron chi connectivity index (χ4n) is 2.77. The van der Waals surface area contributed by atoms with Crippen LogP contribution in [-0.4, -0.2) is 57.0 Å². The van der Waals surface area contributed by atoms with Crippen LogP contribution in [0.3, 0.4) is 0 Å². The summed E-state index contributed by atoms with van der Waals surface area (Å²) in [6.07, 6.45) is 7.13. The van der Waals surface area contributed by atoms with Crippen LogP contribution in [-0.2, 0) is 14.8 Å². The van der Waals surface area contributed by atoms with Crippen LogP contribution in [0.2, 0.25) is 0 Å². The van der Waals surface area contributed by atoms with Crippen LogP contribution >= 0.6 is 12.4 Å². The summed E-state index contributed by atoms with van der Waals surface area (Å²) in [5, 5.41) is 6.27. The van der Waals surface area contributed by atoms with E-state index in [9.17, 15) is 13.2 Å². The Balaban J connectivity index is 0.00000192. The van der Waals surface area contributed by atoms with Crippen molar-refractivity contribution in [2.75, 3.05) is 31.9 Å². The van der Waals surface area contributed by atoms with E-state index in [0.29, 0.717) is 30.4 Å². The molecule has 0 aromatic heterocycles. The molecule has 0 aliphatic carbocycles. The molecule has 3 heterocycles. The molecule has 9 heteroatoms. The minimum atomic E-state index is -3.36. The predicted octanol–water partition coefficient (Wildman–Crippen LogP) is 0.0216. The third-order valence-corrected chi connectivity index (χ3v) is 5.20. The molecule has 0 aromatic carbocycles. The average molecular weight is 361 g/mol. The van der Waals surface area contributed by atoms with Crippen LogP contribution in [0.4, 0.5) is 0 Å². The number of amides is 1. The second kappa shape index (κ2) is 7.46. The number of carbonyl (C=O) groups is 1. The lowest BCUT2D eigenvalue weighted by Crippen LogP contribution is -2.40. The van der Waals surface area contributed by atoms with Crippen LogP contribution in [0.15, 0.2) is 28.3 Å². The van der Waals surface area contributed by atoms with Crippen LogP contribution < -0.4 is 10.6 Å². The van der Waals surface area contributed by atoms with Gasteiger partial charge in [-0.2, -0.15) is 0 Å². The lowest BCUT2D eigenvalue weighted by Gasteiger charge is -2.27. The van der Waals surface area contributed by atoms with E-state index in [1.54, 1.807) is 23.3 Å². The maximum Gasteiger partial charge on any atom is 0.256 e. The second-order valence-corrected chi connectivity index (χ2v) is 7.52. The monoisotopic (exact) mass is 360 g/mol. The maximum atomic E-state index is 12.2. The van der Waals surface area contributed by atoms with Gasteiger partial charge in [0.15, 0.2) is 0 Å². The van der Waals surface area contributed by atoms with Gasteiger partial charge in [0.05, 0.1) is 11.3 Å². The van der Waals surface area contributed by atoms with Crippen molar-refractivity contribution in [2.24, 2.45) is 10.3 Å². The third-order valence-electron chi connectivity index (χ3n) is 4.04. The van der Waals surface area contributed by atoms with Gasteiger partial charge in [0.2, 0.25) is 0 Å².